The highest BCUT2D eigenvalue weighted by Crippen LogP contribution is 2.23. The zero-order valence-corrected chi connectivity index (χ0v) is 15.3. The van der Waals surface area contributed by atoms with Crippen molar-refractivity contribution < 1.29 is 9.53 Å². The van der Waals surface area contributed by atoms with Crippen LogP contribution in [0.2, 0.25) is 0 Å². The van der Waals surface area contributed by atoms with Gasteiger partial charge in [-0.3, -0.25) is 4.79 Å². The maximum Gasteiger partial charge on any atom is 0.255 e. The molecule has 1 aromatic heterocycles. The molecule has 1 aliphatic rings. The van der Waals surface area contributed by atoms with Crippen LogP contribution in [0.4, 0.5) is 0 Å². The van der Waals surface area contributed by atoms with Gasteiger partial charge in [0.15, 0.2) is 0 Å². The fourth-order valence-electron chi connectivity index (χ4n) is 2.92. The molecule has 2 heterocycles. The molecular weight excluding hydrogens is 374 g/mol. The van der Waals surface area contributed by atoms with Crippen LogP contribution in [0.5, 0.6) is 0 Å². The Bertz CT molecular complexity index is 638. The van der Waals surface area contributed by atoms with Crippen LogP contribution in [0, 0.1) is 0 Å². The van der Waals surface area contributed by atoms with E-state index in [1.807, 2.05) is 29.2 Å². The Morgan fingerprint density at radius 3 is 2.70 bits per heavy atom. The van der Waals surface area contributed by atoms with Gasteiger partial charge < -0.3 is 9.64 Å². The van der Waals surface area contributed by atoms with E-state index in [1.54, 1.807) is 11.3 Å². The molecule has 0 bridgehead atoms. The molecule has 0 N–H and O–H groups in total. The van der Waals surface area contributed by atoms with Crippen LogP contribution < -0.4 is 0 Å². The summed E-state index contributed by atoms with van der Waals surface area (Å²) in [6.07, 6.45) is 2.74. The molecule has 0 radical (unpaired) electrons. The van der Waals surface area contributed by atoms with Crippen molar-refractivity contribution in [1.82, 2.24) is 4.90 Å². The lowest BCUT2D eigenvalue weighted by Gasteiger charge is -2.34. The van der Waals surface area contributed by atoms with Crippen LogP contribution >= 0.6 is 27.3 Å². The fraction of sp³-hybridized carbons (Fsp3) is 0.389. The third-order valence-electron chi connectivity index (χ3n) is 4.18. The molecule has 1 amide bonds. The zero-order chi connectivity index (χ0) is 16.1. The molecule has 0 spiro atoms. The predicted octanol–water partition coefficient (Wildman–Crippen LogP) is 4.37. The van der Waals surface area contributed by atoms with E-state index in [-0.39, 0.29) is 11.9 Å². The zero-order valence-electron chi connectivity index (χ0n) is 12.9. The molecule has 5 heteroatoms. The summed E-state index contributed by atoms with van der Waals surface area (Å²) in [5, 5.41) is 2.09. The van der Waals surface area contributed by atoms with Crippen molar-refractivity contribution in [3.63, 3.8) is 0 Å². The van der Waals surface area contributed by atoms with Gasteiger partial charge in [-0.15, -0.1) is 11.3 Å². The van der Waals surface area contributed by atoms with Crippen LogP contribution in [0.15, 0.2) is 46.3 Å². The van der Waals surface area contributed by atoms with E-state index in [0.717, 1.165) is 49.1 Å². The summed E-state index contributed by atoms with van der Waals surface area (Å²) < 4.78 is 6.32. The normalized spacial score (nSPS) is 15.5. The molecule has 1 aromatic carbocycles. The van der Waals surface area contributed by atoms with Crippen LogP contribution in [-0.2, 0) is 11.2 Å². The first-order valence-electron chi connectivity index (χ1n) is 7.91. The van der Waals surface area contributed by atoms with Crippen molar-refractivity contribution in [2.24, 2.45) is 0 Å². The summed E-state index contributed by atoms with van der Waals surface area (Å²) in [5.41, 5.74) is 0.741. The Kier molecular flexibility index (Phi) is 5.86. The highest BCUT2D eigenvalue weighted by molar-refractivity contribution is 9.10. The number of halogens is 1. The monoisotopic (exact) mass is 393 g/mol. The van der Waals surface area contributed by atoms with Gasteiger partial charge in [-0.25, -0.2) is 0 Å². The van der Waals surface area contributed by atoms with Crippen LogP contribution in [-0.4, -0.2) is 36.6 Å². The van der Waals surface area contributed by atoms with Gasteiger partial charge in [0.05, 0.1) is 5.56 Å². The average Bonchev–Trinajstić information content (AvgIpc) is 3.10. The summed E-state index contributed by atoms with van der Waals surface area (Å²) in [7, 11) is 0. The number of hydrogen-bond acceptors (Lipinski definition) is 3. The summed E-state index contributed by atoms with van der Waals surface area (Å²) in [5.74, 6) is 0.112. The first kappa shape index (κ1) is 16.7. The SMILES string of the molecule is O=C(c1ccccc1Br)N(CCc1cccs1)C1CCOCC1. The summed E-state index contributed by atoms with van der Waals surface area (Å²) in [6, 6.07) is 12.1. The molecular formula is C18H20BrNO2S. The number of carbonyl (C=O) groups excluding carboxylic acids is 1. The lowest BCUT2D eigenvalue weighted by molar-refractivity contribution is 0.0293. The molecule has 3 nitrogen and oxygen atoms in total. The molecule has 0 saturated carbocycles. The maximum atomic E-state index is 13.1. The van der Waals surface area contributed by atoms with Gasteiger partial charge in [-0.1, -0.05) is 18.2 Å². The highest BCUT2D eigenvalue weighted by Gasteiger charge is 2.27. The van der Waals surface area contributed by atoms with Crippen molar-refractivity contribution in [1.29, 1.82) is 0 Å². The second-order valence-electron chi connectivity index (χ2n) is 5.65. The molecule has 1 aliphatic heterocycles. The molecule has 2 aromatic rings. The predicted molar refractivity (Wildman–Crippen MR) is 97.0 cm³/mol. The van der Waals surface area contributed by atoms with E-state index in [0.29, 0.717) is 0 Å². The van der Waals surface area contributed by atoms with Gasteiger partial charge in [0.2, 0.25) is 0 Å². The Labute approximate surface area is 149 Å². The summed E-state index contributed by atoms with van der Waals surface area (Å²) in [4.78, 5) is 16.4. The number of carbonyl (C=O) groups is 1. The van der Waals surface area contributed by atoms with Gasteiger partial charge in [-0.05, 0) is 58.8 Å². The van der Waals surface area contributed by atoms with Gasteiger partial charge in [0.25, 0.3) is 5.91 Å². The fourth-order valence-corrected chi connectivity index (χ4v) is 4.07. The number of amides is 1. The van der Waals surface area contributed by atoms with Crippen LogP contribution in [0.25, 0.3) is 0 Å². The van der Waals surface area contributed by atoms with Crippen molar-refractivity contribution >= 4 is 33.2 Å². The average molecular weight is 394 g/mol. The van der Waals surface area contributed by atoms with E-state index >= 15 is 0 Å². The summed E-state index contributed by atoms with van der Waals surface area (Å²) in [6.45, 7) is 2.23. The van der Waals surface area contributed by atoms with E-state index in [4.69, 9.17) is 4.74 Å². The number of rotatable bonds is 5. The van der Waals surface area contributed by atoms with Gasteiger partial charge in [-0.2, -0.15) is 0 Å². The lowest BCUT2D eigenvalue weighted by Crippen LogP contribution is -2.44. The van der Waals surface area contributed by atoms with E-state index < -0.39 is 0 Å². The van der Waals surface area contributed by atoms with Gasteiger partial charge in [0, 0.05) is 35.2 Å². The number of hydrogen-bond donors (Lipinski definition) is 0. The Balaban J connectivity index is 1.78. The number of thiophene rings is 1. The number of benzene rings is 1. The highest BCUT2D eigenvalue weighted by atomic mass is 79.9. The number of ether oxygens (including phenoxy) is 1. The minimum atomic E-state index is 0.112. The molecule has 0 atom stereocenters. The molecule has 1 fully saturated rings. The van der Waals surface area contributed by atoms with Gasteiger partial charge in [0.1, 0.15) is 0 Å². The van der Waals surface area contributed by atoms with E-state index in [9.17, 15) is 4.79 Å². The van der Waals surface area contributed by atoms with Crippen molar-refractivity contribution in [2.45, 2.75) is 25.3 Å². The quantitative estimate of drug-likeness (QED) is 0.754. The largest absolute Gasteiger partial charge is 0.381 e. The van der Waals surface area contributed by atoms with Crippen LogP contribution in [0.3, 0.4) is 0 Å². The number of nitrogens with zero attached hydrogens (tertiary/aromatic N) is 1. The molecule has 3 rings (SSSR count). The Morgan fingerprint density at radius 1 is 1.22 bits per heavy atom. The Morgan fingerprint density at radius 2 is 2.00 bits per heavy atom. The molecule has 0 aliphatic carbocycles. The van der Waals surface area contributed by atoms with Crippen molar-refractivity contribution in [3.05, 3.63) is 56.7 Å². The van der Waals surface area contributed by atoms with Crippen molar-refractivity contribution in [3.8, 4) is 0 Å². The standard InChI is InChI=1S/C18H20BrNO2S/c19-17-6-2-1-5-16(17)18(21)20(14-8-11-22-12-9-14)10-7-15-4-3-13-23-15/h1-6,13-14H,7-12H2. The molecule has 23 heavy (non-hydrogen) atoms. The third-order valence-corrected chi connectivity index (χ3v) is 5.80. The third kappa shape index (κ3) is 4.22. The first-order valence-corrected chi connectivity index (χ1v) is 9.58. The van der Waals surface area contributed by atoms with Gasteiger partial charge >= 0.3 is 0 Å². The van der Waals surface area contributed by atoms with Crippen LogP contribution in [0.1, 0.15) is 28.1 Å². The Hall–Kier alpha value is -1.17. The minimum Gasteiger partial charge on any atom is -0.381 e. The topological polar surface area (TPSA) is 29.5 Å². The first-order chi connectivity index (χ1) is 11.3. The smallest absolute Gasteiger partial charge is 0.255 e. The van der Waals surface area contributed by atoms with E-state index in [2.05, 4.69) is 33.4 Å². The molecule has 1 saturated heterocycles. The lowest BCUT2D eigenvalue weighted by atomic mass is 10.0. The second-order valence-corrected chi connectivity index (χ2v) is 7.54. The summed E-state index contributed by atoms with van der Waals surface area (Å²) >= 11 is 5.26. The minimum absolute atomic E-state index is 0.112. The molecule has 122 valence electrons. The maximum absolute atomic E-state index is 13.1. The molecule has 0 unspecified atom stereocenters. The second kappa shape index (κ2) is 8.08. The van der Waals surface area contributed by atoms with Crippen molar-refractivity contribution in [2.75, 3.05) is 19.8 Å². The van der Waals surface area contributed by atoms with E-state index in [1.165, 1.54) is 4.88 Å².